The molecule has 118 valence electrons. The first-order valence-corrected chi connectivity index (χ1v) is 7.45. The highest BCUT2D eigenvalue weighted by Crippen LogP contribution is 2.19. The van der Waals surface area contributed by atoms with Crippen molar-refractivity contribution in [2.24, 2.45) is 0 Å². The van der Waals surface area contributed by atoms with Crippen LogP contribution >= 0.6 is 0 Å². The van der Waals surface area contributed by atoms with Gasteiger partial charge in [-0.1, -0.05) is 42.0 Å². The number of allylic oxidation sites excluding steroid dienone is 2. The molecule has 1 N–H and O–H groups in total. The van der Waals surface area contributed by atoms with Crippen LogP contribution in [0.3, 0.4) is 0 Å². The van der Waals surface area contributed by atoms with Crippen LogP contribution in [0.25, 0.3) is 11.2 Å². The summed E-state index contributed by atoms with van der Waals surface area (Å²) in [6.45, 7) is 5.31. The normalized spacial score (nSPS) is 10.7. The summed E-state index contributed by atoms with van der Waals surface area (Å²) in [6, 6.07) is 9.96. The van der Waals surface area contributed by atoms with E-state index in [1.807, 2.05) is 34.9 Å². The Balaban J connectivity index is 1.77. The second kappa shape index (κ2) is 7.02. The summed E-state index contributed by atoms with van der Waals surface area (Å²) in [5.74, 6) is 0.616. The van der Waals surface area contributed by atoms with Crippen molar-refractivity contribution >= 4 is 17.0 Å². The minimum atomic E-state index is 0.453. The molecule has 0 aliphatic carbocycles. The molecule has 1 aromatic carbocycles. The van der Waals surface area contributed by atoms with E-state index in [1.165, 1.54) is 11.9 Å². The fourth-order valence-corrected chi connectivity index (χ4v) is 2.17. The SMILES string of the molecule is CC(C)=CCn1cnc2ncnc(NOCc3ccccc3)c21. The fraction of sp³-hybridized carbons (Fsp3) is 0.235. The van der Waals surface area contributed by atoms with Crippen LogP contribution in [0.2, 0.25) is 0 Å². The summed E-state index contributed by atoms with van der Waals surface area (Å²) in [5.41, 5.74) is 6.73. The van der Waals surface area contributed by atoms with Gasteiger partial charge in [0.25, 0.3) is 0 Å². The lowest BCUT2D eigenvalue weighted by Gasteiger charge is -2.09. The Morgan fingerprint density at radius 2 is 2.00 bits per heavy atom. The number of imidazole rings is 1. The number of hydrogen-bond acceptors (Lipinski definition) is 5. The van der Waals surface area contributed by atoms with Crippen LogP contribution in [-0.2, 0) is 18.0 Å². The summed E-state index contributed by atoms with van der Waals surface area (Å²) in [4.78, 5) is 18.3. The first-order valence-electron chi connectivity index (χ1n) is 7.45. The summed E-state index contributed by atoms with van der Waals surface area (Å²) in [5, 5.41) is 0. The molecule has 6 nitrogen and oxygen atoms in total. The number of rotatable bonds is 6. The molecule has 0 atom stereocenters. The van der Waals surface area contributed by atoms with Crippen molar-refractivity contribution in [2.75, 3.05) is 5.48 Å². The molecule has 23 heavy (non-hydrogen) atoms. The quantitative estimate of drug-likeness (QED) is 0.559. The highest BCUT2D eigenvalue weighted by atomic mass is 16.6. The van der Waals surface area contributed by atoms with Crippen molar-refractivity contribution in [3.8, 4) is 0 Å². The predicted octanol–water partition coefficient (Wildman–Crippen LogP) is 3.34. The van der Waals surface area contributed by atoms with E-state index in [9.17, 15) is 0 Å². The molecule has 0 fully saturated rings. The number of nitrogens with one attached hydrogen (secondary N) is 1. The number of fused-ring (bicyclic) bond motifs is 1. The van der Waals surface area contributed by atoms with E-state index in [0.29, 0.717) is 18.1 Å². The molecule has 0 aliphatic heterocycles. The van der Waals surface area contributed by atoms with Gasteiger partial charge < -0.3 is 4.57 Å². The molecule has 0 unspecified atom stereocenters. The van der Waals surface area contributed by atoms with Crippen LogP contribution in [0.1, 0.15) is 19.4 Å². The molecule has 3 rings (SSSR count). The second-order valence-corrected chi connectivity index (χ2v) is 5.45. The third-order valence-corrected chi connectivity index (χ3v) is 3.36. The van der Waals surface area contributed by atoms with Gasteiger partial charge in [-0.25, -0.2) is 20.4 Å². The molecule has 3 aromatic rings. The molecule has 2 aromatic heterocycles. The minimum Gasteiger partial charge on any atom is -0.322 e. The van der Waals surface area contributed by atoms with E-state index >= 15 is 0 Å². The van der Waals surface area contributed by atoms with Gasteiger partial charge in [0.15, 0.2) is 11.5 Å². The van der Waals surface area contributed by atoms with Crippen molar-refractivity contribution in [2.45, 2.75) is 27.0 Å². The zero-order valence-corrected chi connectivity index (χ0v) is 13.2. The van der Waals surface area contributed by atoms with Crippen molar-refractivity contribution in [1.29, 1.82) is 0 Å². The van der Waals surface area contributed by atoms with Crippen LogP contribution in [0.15, 0.2) is 54.6 Å². The summed E-state index contributed by atoms with van der Waals surface area (Å²) < 4.78 is 2.00. The van der Waals surface area contributed by atoms with Crippen molar-refractivity contribution in [3.05, 3.63) is 60.2 Å². The number of nitrogens with zero attached hydrogens (tertiary/aromatic N) is 4. The zero-order chi connectivity index (χ0) is 16.1. The van der Waals surface area contributed by atoms with Gasteiger partial charge >= 0.3 is 0 Å². The van der Waals surface area contributed by atoms with Crippen LogP contribution < -0.4 is 5.48 Å². The van der Waals surface area contributed by atoms with E-state index < -0.39 is 0 Å². The third kappa shape index (κ3) is 3.73. The van der Waals surface area contributed by atoms with Crippen LogP contribution in [0.5, 0.6) is 0 Å². The van der Waals surface area contributed by atoms with E-state index in [2.05, 4.69) is 40.4 Å². The van der Waals surface area contributed by atoms with Gasteiger partial charge in [0.05, 0.1) is 12.9 Å². The van der Waals surface area contributed by atoms with Gasteiger partial charge in [-0.2, -0.15) is 0 Å². The van der Waals surface area contributed by atoms with E-state index in [0.717, 1.165) is 17.6 Å². The lowest BCUT2D eigenvalue weighted by molar-refractivity contribution is 0.179. The topological polar surface area (TPSA) is 64.9 Å². The zero-order valence-electron chi connectivity index (χ0n) is 13.2. The Morgan fingerprint density at radius 1 is 1.17 bits per heavy atom. The monoisotopic (exact) mass is 309 g/mol. The van der Waals surface area contributed by atoms with Gasteiger partial charge in [-0.3, -0.25) is 4.84 Å². The van der Waals surface area contributed by atoms with Crippen LogP contribution in [0, 0.1) is 0 Å². The Bertz CT molecular complexity index is 806. The maximum atomic E-state index is 5.57. The largest absolute Gasteiger partial charge is 0.322 e. The molecular formula is C17H19N5O. The molecule has 0 radical (unpaired) electrons. The molecule has 0 aliphatic rings. The number of benzene rings is 1. The van der Waals surface area contributed by atoms with Gasteiger partial charge in [0.2, 0.25) is 0 Å². The van der Waals surface area contributed by atoms with Gasteiger partial charge in [-0.05, 0) is 19.4 Å². The fourth-order valence-electron chi connectivity index (χ4n) is 2.17. The highest BCUT2D eigenvalue weighted by Gasteiger charge is 2.10. The Hall–Kier alpha value is -2.73. The number of anilines is 1. The van der Waals surface area contributed by atoms with Gasteiger partial charge in [0.1, 0.15) is 11.8 Å². The maximum absolute atomic E-state index is 5.57. The van der Waals surface area contributed by atoms with Gasteiger partial charge in [0, 0.05) is 6.54 Å². The average Bonchev–Trinajstić information content (AvgIpc) is 2.98. The van der Waals surface area contributed by atoms with E-state index in [1.54, 1.807) is 6.33 Å². The lowest BCUT2D eigenvalue weighted by Crippen LogP contribution is -2.06. The molecule has 2 heterocycles. The Morgan fingerprint density at radius 3 is 2.78 bits per heavy atom. The second-order valence-electron chi connectivity index (χ2n) is 5.45. The standard InChI is InChI=1S/C17H19N5O/c1-13(2)8-9-22-12-20-16-15(22)17(19-11-18-16)21-23-10-14-6-4-3-5-7-14/h3-8,11-12H,9-10H2,1-2H3,(H,18,19,21). The van der Waals surface area contributed by atoms with Crippen molar-refractivity contribution in [1.82, 2.24) is 19.5 Å². The van der Waals surface area contributed by atoms with Crippen LogP contribution in [-0.4, -0.2) is 19.5 Å². The van der Waals surface area contributed by atoms with Gasteiger partial charge in [-0.15, -0.1) is 0 Å². The summed E-state index contributed by atoms with van der Waals surface area (Å²) in [7, 11) is 0. The first kappa shape index (κ1) is 15.2. The molecule has 6 heteroatoms. The predicted molar refractivity (Wildman–Crippen MR) is 89.6 cm³/mol. The molecule has 0 saturated heterocycles. The Kier molecular flexibility index (Phi) is 4.63. The average molecular weight is 309 g/mol. The van der Waals surface area contributed by atoms with E-state index in [4.69, 9.17) is 4.84 Å². The smallest absolute Gasteiger partial charge is 0.183 e. The highest BCUT2D eigenvalue weighted by molar-refractivity contribution is 5.82. The van der Waals surface area contributed by atoms with Crippen LogP contribution in [0.4, 0.5) is 5.82 Å². The molecule has 0 saturated carbocycles. The van der Waals surface area contributed by atoms with Crippen molar-refractivity contribution in [3.63, 3.8) is 0 Å². The minimum absolute atomic E-state index is 0.453. The number of aromatic nitrogens is 4. The number of hydrogen-bond donors (Lipinski definition) is 1. The molecular weight excluding hydrogens is 290 g/mol. The molecule has 0 spiro atoms. The maximum Gasteiger partial charge on any atom is 0.183 e. The Labute approximate surface area is 134 Å². The molecule has 0 amide bonds. The van der Waals surface area contributed by atoms with Crippen molar-refractivity contribution < 1.29 is 4.84 Å². The van der Waals surface area contributed by atoms with E-state index in [-0.39, 0.29) is 0 Å². The first-order chi connectivity index (χ1) is 11.2. The summed E-state index contributed by atoms with van der Waals surface area (Å²) >= 11 is 0. The summed E-state index contributed by atoms with van der Waals surface area (Å²) in [6.07, 6.45) is 5.37. The third-order valence-electron chi connectivity index (χ3n) is 3.36. The molecule has 0 bridgehead atoms. The lowest BCUT2D eigenvalue weighted by atomic mass is 10.2.